The van der Waals surface area contributed by atoms with Gasteiger partial charge < -0.3 is 40.9 Å². The molecule has 0 bridgehead atoms. The Labute approximate surface area is 268 Å². The maximum atomic E-state index is 13.3. The molecule has 0 saturated heterocycles. The monoisotopic (exact) mass is 602 g/mol. The Balaban J connectivity index is 0.000000655. The first-order valence-electron chi connectivity index (χ1n) is 12.6. The topological polar surface area (TPSA) is 202 Å². The summed E-state index contributed by atoms with van der Waals surface area (Å²) in [7, 11) is 9.28. The van der Waals surface area contributed by atoms with E-state index >= 15 is 0 Å². The fourth-order valence-corrected chi connectivity index (χ4v) is 5.99. The summed E-state index contributed by atoms with van der Waals surface area (Å²) in [4.78, 5) is 39.8. The standard InChI is InChI=1S/C22H24N2O9.C6H14N.Ca.2H/c1-21(32)7-5-4-6-8(25)9(7)15(26)10-12(21)17(28)13-14(24(2)3)16(27)11(20(23)31)19(30)22(13,33)18(10)29;1-5-6-7(2,3)4;;;/h4-6,12-14,17,25,27-29,32-33H,1-3H3,(H2,23,31);5H,1,6H2,2-4H3;;;/q;+1;;;/t12-,13-,14+,17+,21-,22+;;;;/m1..../s1. The van der Waals surface area contributed by atoms with E-state index in [1.165, 1.54) is 44.1 Å². The zero-order chi connectivity index (χ0) is 30.7. The Kier molecular flexibility index (Phi) is 10.0. The van der Waals surface area contributed by atoms with Gasteiger partial charge in [-0.3, -0.25) is 19.3 Å². The summed E-state index contributed by atoms with van der Waals surface area (Å²) in [6, 6.07) is 2.54. The first-order valence-corrected chi connectivity index (χ1v) is 12.6. The first kappa shape index (κ1) is 34.9. The number of ketones is 2. The predicted molar refractivity (Wildman–Crippen MR) is 153 cm³/mol. The van der Waals surface area contributed by atoms with Crippen LogP contribution in [-0.4, -0.2) is 155 Å². The van der Waals surface area contributed by atoms with Gasteiger partial charge in [0, 0.05) is 0 Å². The number of fused-ring (bicyclic) bond motifs is 3. The molecule has 1 aromatic carbocycles. The van der Waals surface area contributed by atoms with Crippen molar-refractivity contribution in [2.75, 3.05) is 41.8 Å². The number of rotatable bonds is 4. The van der Waals surface area contributed by atoms with Crippen molar-refractivity contribution in [1.29, 1.82) is 0 Å². The average Bonchev–Trinajstić information content (AvgIpc) is 2.81. The minimum absolute atomic E-state index is 0. The van der Waals surface area contributed by atoms with Crippen LogP contribution in [0, 0.1) is 11.8 Å². The van der Waals surface area contributed by atoms with Gasteiger partial charge in [-0.1, -0.05) is 18.7 Å². The number of aromatic hydroxyl groups is 1. The van der Waals surface area contributed by atoms with Crippen LogP contribution in [0.15, 0.2) is 53.5 Å². The molecule has 0 radical (unpaired) electrons. The second-order valence-electron chi connectivity index (χ2n) is 11.8. The predicted octanol–water partition coefficient (Wildman–Crippen LogP) is -1.28. The molecule has 41 heavy (non-hydrogen) atoms. The number of nitrogens with two attached hydrogens (primary N) is 1. The van der Waals surface area contributed by atoms with Gasteiger partial charge in [-0.15, -0.1) is 0 Å². The van der Waals surface area contributed by atoms with Gasteiger partial charge in [-0.05, 0) is 38.7 Å². The number of quaternary nitrogens is 1. The molecule has 12 nitrogen and oxygen atoms in total. The van der Waals surface area contributed by atoms with Crippen molar-refractivity contribution in [3.05, 3.63) is 64.6 Å². The number of hydrogen-bond donors (Lipinski definition) is 7. The SMILES string of the molecule is C=CC[N+](C)(C)C.CN(C)[C@@H]1C(O)=C(C(N)=O)C(=O)[C@@]2(O)C(O)=C3C(=O)c4c(O)cccc4[C@@](C)(O)[C@H]3[C@H](O)[C@@H]12.[CaH2]. The number of phenols is 1. The van der Waals surface area contributed by atoms with Crippen LogP contribution in [-0.2, 0) is 15.2 Å². The summed E-state index contributed by atoms with van der Waals surface area (Å²) in [6.07, 6.45) is 0.0586. The average molecular weight is 603 g/mol. The van der Waals surface area contributed by atoms with Crippen molar-refractivity contribution in [3.63, 3.8) is 0 Å². The van der Waals surface area contributed by atoms with Crippen molar-refractivity contribution < 1.29 is 49.5 Å². The molecular formula is C28H40CaN3O9+. The van der Waals surface area contributed by atoms with Gasteiger partial charge in [-0.2, -0.15) is 0 Å². The fourth-order valence-electron chi connectivity index (χ4n) is 5.99. The molecule has 0 aliphatic heterocycles. The molecule has 0 spiro atoms. The zero-order valence-corrected chi connectivity index (χ0v) is 23.4. The Morgan fingerprint density at radius 2 is 1.71 bits per heavy atom. The van der Waals surface area contributed by atoms with Gasteiger partial charge in [0.05, 0.1) is 68.4 Å². The van der Waals surface area contributed by atoms with Gasteiger partial charge in [0.2, 0.25) is 5.78 Å². The summed E-state index contributed by atoms with van der Waals surface area (Å²) in [5.74, 6) is -9.66. The Morgan fingerprint density at radius 1 is 1.15 bits per heavy atom. The van der Waals surface area contributed by atoms with E-state index in [1.54, 1.807) is 0 Å². The van der Waals surface area contributed by atoms with E-state index in [1.807, 2.05) is 6.08 Å². The van der Waals surface area contributed by atoms with E-state index < -0.39 is 81.1 Å². The van der Waals surface area contributed by atoms with Crippen molar-refractivity contribution in [2.45, 2.75) is 30.3 Å². The number of primary amides is 1. The normalized spacial score (nSPS) is 30.9. The molecule has 13 heteroatoms. The molecule has 0 aromatic heterocycles. The van der Waals surface area contributed by atoms with Crippen LogP contribution in [0.2, 0.25) is 0 Å². The number of Topliss-reactive ketones (excluding diaryl/α,β-unsaturated/α-hetero) is 2. The van der Waals surface area contributed by atoms with Crippen LogP contribution < -0.4 is 5.73 Å². The van der Waals surface area contributed by atoms with Crippen molar-refractivity contribution in [1.82, 2.24) is 4.90 Å². The van der Waals surface area contributed by atoms with Crippen LogP contribution in [0.3, 0.4) is 0 Å². The minimum atomic E-state index is -3.02. The van der Waals surface area contributed by atoms with E-state index in [0.717, 1.165) is 11.0 Å². The van der Waals surface area contributed by atoms with Gasteiger partial charge in [-0.25, -0.2) is 0 Å². The van der Waals surface area contributed by atoms with Gasteiger partial charge in [0.25, 0.3) is 5.91 Å². The third-order valence-corrected chi connectivity index (χ3v) is 7.71. The molecule has 3 aliphatic rings. The van der Waals surface area contributed by atoms with Crippen molar-refractivity contribution in [3.8, 4) is 5.75 Å². The second-order valence-corrected chi connectivity index (χ2v) is 11.8. The molecule has 1 aromatic rings. The van der Waals surface area contributed by atoms with Gasteiger partial charge in [0.1, 0.15) is 22.8 Å². The van der Waals surface area contributed by atoms with Crippen molar-refractivity contribution in [2.24, 2.45) is 17.6 Å². The summed E-state index contributed by atoms with van der Waals surface area (Å²) >= 11 is 0. The number of aliphatic hydroxyl groups is 5. The summed E-state index contributed by atoms with van der Waals surface area (Å²) in [5, 5.41) is 66.5. The quantitative estimate of drug-likeness (QED) is 0.0942. The number of hydrogen-bond acceptors (Lipinski definition) is 10. The number of aliphatic hydroxyl groups excluding tert-OH is 3. The molecule has 0 saturated carbocycles. The number of carbonyl (C=O) groups is 3. The number of amides is 1. The number of phenolic OH excluding ortho intramolecular Hbond substituents is 1. The molecule has 4 rings (SSSR count). The van der Waals surface area contributed by atoms with Crippen molar-refractivity contribution >= 4 is 55.2 Å². The fraction of sp³-hybridized carbons (Fsp3) is 0.464. The number of likely N-dealkylation sites (N-methyl/N-ethyl adjacent to an activating group) is 2. The maximum absolute atomic E-state index is 13.3. The summed E-state index contributed by atoms with van der Waals surface area (Å²) in [6.45, 7) is 5.93. The molecule has 3 aliphatic carbocycles. The third-order valence-electron chi connectivity index (χ3n) is 7.71. The Morgan fingerprint density at radius 3 is 2.15 bits per heavy atom. The van der Waals surface area contributed by atoms with E-state index in [-0.39, 0.29) is 48.9 Å². The molecule has 6 atom stereocenters. The van der Waals surface area contributed by atoms with Crippen LogP contribution >= 0.6 is 0 Å². The number of carbonyl (C=O) groups excluding carboxylic acids is 3. The molecule has 1 amide bonds. The molecule has 0 heterocycles. The second kappa shape index (κ2) is 11.8. The van der Waals surface area contributed by atoms with Crippen LogP contribution in [0.5, 0.6) is 5.75 Å². The Hall–Kier alpha value is -2.29. The van der Waals surface area contributed by atoms with E-state index in [2.05, 4.69) is 27.7 Å². The molecular weight excluding hydrogens is 562 g/mol. The van der Waals surface area contributed by atoms with Crippen LogP contribution in [0.4, 0.5) is 0 Å². The molecule has 0 unspecified atom stereocenters. The Bertz CT molecular complexity index is 1350. The van der Waals surface area contributed by atoms with Gasteiger partial charge >= 0.3 is 37.7 Å². The summed E-state index contributed by atoms with van der Waals surface area (Å²) in [5.41, 5.74) is -1.88. The zero-order valence-electron chi connectivity index (χ0n) is 23.4. The van der Waals surface area contributed by atoms with Crippen LogP contribution in [0.1, 0.15) is 22.8 Å². The number of benzene rings is 1. The molecule has 0 fully saturated rings. The van der Waals surface area contributed by atoms with E-state index in [4.69, 9.17) is 5.73 Å². The number of nitrogens with zero attached hydrogens (tertiary/aromatic N) is 2. The van der Waals surface area contributed by atoms with Crippen LogP contribution in [0.25, 0.3) is 0 Å². The first-order chi connectivity index (χ1) is 18.3. The third kappa shape index (κ3) is 5.48. The van der Waals surface area contributed by atoms with Gasteiger partial charge in [0.15, 0.2) is 11.4 Å². The van der Waals surface area contributed by atoms with E-state index in [9.17, 15) is 45.0 Å². The molecule has 222 valence electrons. The summed E-state index contributed by atoms with van der Waals surface area (Å²) < 4.78 is 0.976. The molecule has 8 N–H and O–H groups in total. The van der Waals surface area contributed by atoms with E-state index in [0.29, 0.717) is 0 Å².